The van der Waals surface area contributed by atoms with Crippen molar-refractivity contribution in [3.05, 3.63) is 85.2 Å². The van der Waals surface area contributed by atoms with Gasteiger partial charge in [0.15, 0.2) is 16.7 Å². The highest BCUT2D eigenvalue weighted by Gasteiger charge is 2.35. The van der Waals surface area contributed by atoms with Gasteiger partial charge in [-0.25, -0.2) is 4.99 Å². The Morgan fingerprint density at radius 1 is 0.886 bits per heavy atom. The Labute approximate surface area is 223 Å². The van der Waals surface area contributed by atoms with Crippen LogP contribution in [-0.2, 0) is 4.79 Å². The molecule has 3 aromatic rings. The largest absolute Gasteiger partial charge is 0.493 e. The number of carbonyl (C=O) groups excluding carboxylic acids is 1. The second-order valence-electron chi connectivity index (χ2n) is 7.75. The number of benzene rings is 3. The number of thioether (sulfide) groups is 1. The van der Waals surface area contributed by atoms with E-state index in [0.717, 1.165) is 11.1 Å². The predicted molar refractivity (Wildman–Crippen MR) is 147 cm³/mol. The Bertz CT molecular complexity index is 1390. The molecule has 9 heteroatoms. The number of ether oxygens (including phenoxy) is 2. The fourth-order valence-corrected chi connectivity index (χ4v) is 5.08. The van der Waals surface area contributed by atoms with Gasteiger partial charge in [0.2, 0.25) is 0 Å². The van der Waals surface area contributed by atoms with Crippen LogP contribution in [0.1, 0.15) is 16.7 Å². The molecule has 0 saturated carbocycles. The van der Waals surface area contributed by atoms with E-state index in [1.807, 2.05) is 38.1 Å². The fraction of sp³-hybridized carbons (Fsp3) is 0.154. The molecule has 1 heterocycles. The van der Waals surface area contributed by atoms with Crippen molar-refractivity contribution < 1.29 is 14.3 Å². The van der Waals surface area contributed by atoms with Crippen LogP contribution in [0.4, 0.5) is 11.4 Å². The maximum Gasteiger partial charge on any atom is 0.271 e. The van der Waals surface area contributed by atoms with Crippen molar-refractivity contribution in [2.24, 2.45) is 4.99 Å². The van der Waals surface area contributed by atoms with Crippen LogP contribution in [0.15, 0.2) is 58.4 Å². The lowest BCUT2D eigenvalue weighted by Crippen LogP contribution is -2.28. The average molecular weight is 548 g/mol. The number of hydrogen-bond donors (Lipinski definition) is 0. The van der Waals surface area contributed by atoms with Crippen LogP contribution in [0.3, 0.4) is 0 Å². The lowest BCUT2D eigenvalue weighted by Gasteiger charge is -2.16. The van der Waals surface area contributed by atoms with Crippen LogP contribution in [0.5, 0.6) is 11.5 Å². The molecular formula is C26H21Cl3N2O3S. The summed E-state index contributed by atoms with van der Waals surface area (Å²) < 4.78 is 10.7. The number of halogens is 3. The summed E-state index contributed by atoms with van der Waals surface area (Å²) in [5, 5.41) is 2.01. The summed E-state index contributed by atoms with van der Waals surface area (Å²) in [7, 11) is 3.05. The van der Waals surface area contributed by atoms with Crippen molar-refractivity contribution in [1.82, 2.24) is 0 Å². The van der Waals surface area contributed by atoms with E-state index in [0.29, 0.717) is 53.6 Å². The number of nitrogens with zero attached hydrogens (tertiary/aromatic N) is 2. The van der Waals surface area contributed by atoms with E-state index < -0.39 is 0 Å². The quantitative estimate of drug-likeness (QED) is 0.303. The lowest BCUT2D eigenvalue weighted by molar-refractivity contribution is -0.113. The van der Waals surface area contributed by atoms with E-state index in [4.69, 9.17) is 49.3 Å². The Morgan fingerprint density at radius 3 is 2.20 bits per heavy atom. The predicted octanol–water partition coefficient (Wildman–Crippen LogP) is 8.09. The number of amides is 1. The Kier molecular flexibility index (Phi) is 7.67. The molecule has 1 saturated heterocycles. The standard InChI is InChI=1S/C26H21Cl3N2O3S/c1-14-5-7-17(12-19(14)27)30-26-31(18-8-6-15(2)20(28)13-18)25(32)23(35-26)11-16-9-21(29)24(34-4)22(10-16)33-3/h5-13H,1-4H3/b23-11+,30-26?. The molecule has 5 nitrogen and oxygen atoms in total. The number of amidine groups is 1. The van der Waals surface area contributed by atoms with E-state index in [2.05, 4.69) is 0 Å². The summed E-state index contributed by atoms with van der Waals surface area (Å²) in [4.78, 5) is 20.3. The minimum absolute atomic E-state index is 0.238. The molecule has 0 bridgehead atoms. The van der Waals surface area contributed by atoms with Crippen LogP contribution in [0, 0.1) is 13.8 Å². The van der Waals surface area contributed by atoms with E-state index >= 15 is 0 Å². The van der Waals surface area contributed by atoms with Gasteiger partial charge in [-0.3, -0.25) is 9.69 Å². The summed E-state index contributed by atoms with van der Waals surface area (Å²) in [5.74, 6) is 0.654. The maximum absolute atomic E-state index is 13.6. The molecule has 0 aliphatic carbocycles. The van der Waals surface area contributed by atoms with Crippen LogP contribution in [-0.4, -0.2) is 25.3 Å². The molecule has 0 unspecified atom stereocenters. The van der Waals surface area contributed by atoms with Gasteiger partial charge in [0.1, 0.15) is 0 Å². The highest BCUT2D eigenvalue weighted by atomic mass is 35.5. The van der Waals surface area contributed by atoms with Crippen molar-refractivity contribution in [3.63, 3.8) is 0 Å². The van der Waals surface area contributed by atoms with Gasteiger partial charge >= 0.3 is 0 Å². The third kappa shape index (κ3) is 5.31. The molecule has 1 fully saturated rings. The number of carbonyl (C=O) groups is 1. The highest BCUT2D eigenvalue weighted by molar-refractivity contribution is 8.19. The van der Waals surface area contributed by atoms with Gasteiger partial charge in [0.05, 0.1) is 35.5 Å². The van der Waals surface area contributed by atoms with E-state index in [1.165, 1.54) is 30.9 Å². The second-order valence-corrected chi connectivity index (χ2v) is 9.98. The first-order valence-electron chi connectivity index (χ1n) is 10.5. The zero-order valence-electron chi connectivity index (χ0n) is 19.4. The normalized spacial score (nSPS) is 15.9. The summed E-state index contributed by atoms with van der Waals surface area (Å²) in [6, 6.07) is 14.4. The topological polar surface area (TPSA) is 51.1 Å². The monoisotopic (exact) mass is 546 g/mol. The number of aliphatic imine (C=N–C) groups is 1. The minimum Gasteiger partial charge on any atom is -0.493 e. The fourth-order valence-electron chi connectivity index (χ4n) is 3.43. The minimum atomic E-state index is -0.238. The summed E-state index contributed by atoms with van der Waals surface area (Å²) in [5.41, 5.74) is 3.79. The first-order valence-corrected chi connectivity index (χ1v) is 12.4. The second kappa shape index (κ2) is 10.5. The van der Waals surface area contributed by atoms with Gasteiger partial charge in [-0.15, -0.1) is 0 Å². The number of rotatable bonds is 5. The van der Waals surface area contributed by atoms with E-state index in [-0.39, 0.29) is 5.91 Å². The average Bonchev–Trinajstić information content (AvgIpc) is 3.12. The molecule has 0 atom stereocenters. The van der Waals surface area contributed by atoms with Gasteiger partial charge in [0, 0.05) is 10.0 Å². The lowest BCUT2D eigenvalue weighted by atomic mass is 10.1. The molecule has 0 spiro atoms. The number of hydrogen-bond acceptors (Lipinski definition) is 5. The molecule has 1 aliphatic rings. The molecule has 3 aromatic carbocycles. The Morgan fingerprint density at radius 2 is 1.57 bits per heavy atom. The smallest absolute Gasteiger partial charge is 0.271 e. The van der Waals surface area contributed by atoms with Crippen LogP contribution in [0.2, 0.25) is 15.1 Å². The van der Waals surface area contributed by atoms with E-state index in [1.54, 1.807) is 30.3 Å². The molecule has 1 aliphatic heterocycles. The number of methoxy groups -OCH3 is 2. The van der Waals surface area contributed by atoms with Gasteiger partial charge in [-0.1, -0.05) is 46.9 Å². The summed E-state index contributed by atoms with van der Waals surface area (Å²) >= 11 is 20.3. The van der Waals surface area contributed by atoms with Gasteiger partial charge in [0.25, 0.3) is 5.91 Å². The van der Waals surface area contributed by atoms with Crippen molar-refractivity contribution in [1.29, 1.82) is 0 Å². The van der Waals surface area contributed by atoms with Crippen molar-refractivity contribution in [2.45, 2.75) is 13.8 Å². The molecular weight excluding hydrogens is 527 g/mol. The SMILES string of the molecule is COc1cc(/C=C2/SC(=Nc3ccc(C)c(Cl)c3)N(c3ccc(C)c(Cl)c3)C2=O)cc(Cl)c1OC. The first kappa shape index (κ1) is 25.5. The molecule has 0 radical (unpaired) electrons. The summed E-state index contributed by atoms with van der Waals surface area (Å²) in [6.07, 6.45) is 1.74. The highest BCUT2D eigenvalue weighted by Crippen LogP contribution is 2.41. The zero-order chi connectivity index (χ0) is 25.3. The first-order chi connectivity index (χ1) is 16.7. The third-order valence-electron chi connectivity index (χ3n) is 5.35. The molecule has 35 heavy (non-hydrogen) atoms. The third-order valence-corrected chi connectivity index (χ3v) is 7.42. The van der Waals surface area contributed by atoms with Crippen LogP contribution >= 0.6 is 46.6 Å². The van der Waals surface area contributed by atoms with Crippen LogP contribution < -0.4 is 14.4 Å². The van der Waals surface area contributed by atoms with Gasteiger partial charge < -0.3 is 9.47 Å². The Balaban J connectivity index is 1.82. The van der Waals surface area contributed by atoms with Gasteiger partial charge in [-0.05, 0) is 84.8 Å². The number of anilines is 1. The van der Waals surface area contributed by atoms with Crippen LogP contribution in [0.25, 0.3) is 6.08 Å². The number of aryl methyl sites for hydroxylation is 2. The summed E-state index contributed by atoms with van der Waals surface area (Å²) in [6.45, 7) is 3.82. The van der Waals surface area contributed by atoms with E-state index in [9.17, 15) is 4.79 Å². The molecule has 0 aromatic heterocycles. The van der Waals surface area contributed by atoms with Crippen molar-refractivity contribution >= 4 is 75.1 Å². The molecule has 4 rings (SSSR count). The van der Waals surface area contributed by atoms with Gasteiger partial charge in [-0.2, -0.15) is 0 Å². The molecule has 1 amide bonds. The zero-order valence-corrected chi connectivity index (χ0v) is 22.4. The van der Waals surface area contributed by atoms with Crippen molar-refractivity contribution in [2.75, 3.05) is 19.1 Å². The van der Waals surface area contributed by atoms with Crippen molar-refractivity contribution in [3.8, 4) is 11.5 Å². The molecule has 0 N–H and O–H groups in total. The maximum atomic E-state index is 13.6. The Hall–Kier alpha value is -2.64. The molecule has 180 valence electrons.